The quantitative estimate of drug-likeness (QED) is 0.734. The minimum absolute atomic E-state index is 0.610. The van der Waals surface area contributed by atoms with E-state index in [1.165, 1.54) is 10.6 Å². The van der Waals surface area contributed by atoms with Gasteiger partial charge in [-0.1, -0.05) is 12.8 Å². The number of nitrogens with zero attached hydrogens (tertiary/aromatic N) is 1. The van der Waals surface area contributed by atoms with Crippen molar-refractivity contribution in [1.82, 2.24) is 4.31 Å². The molecule has 1 N–H and O–H groups in total. The molecule has 4 nitrogen and oxygen atoms in total. The van der Waals surface area contributed by atoms with Gasteiger partial charge in [0.2, 0.25) is 0 Å². The number of hydrogen-bond acceptors (Lipinski definition) is 2. The van der Waals surface area contributed by atoms with Gasteiger partial charge >= 0.3 is 5.97 Å². The van der Waals surface area contributed by atoms with Gasteiger partial charge in [-0.05, 0) is 12.8 Å². The summed E-state index contributed by atoms with van der Waals surface area (Å²) in [6, 6.07) is 0. The Labute approximate surface area is 80.5 Å². The smallest absolute Gasteiger partial charge is 0.325 e. The standard InChI is InChI=1S/C8H15NO3S/c1-9(13(2)12)8(7(10)11)5-3-4-6-8/h3-6H2,1-2H3,(H,10,11). The van der Waals surface area contributed by atoms with Gasteiger partial charge < -0.3 is 5.11 Å². The van der Waals surface area contributed by atoms with Crippen LogP contribution in [0.5, 0.6) is 0 Å². The normalized spacial score (nSPS) is 23.3. The fraction of sp³-hybridized carbons (Fsp3) is 0.875. The number of aliphatic carboxylic acids is 1. The van der Waals surface area contributed by atoms with E-state index in [0.29, 0.717) is 12.8 Å². The van der Waals surface area contributed by atoms with Gasteiger partial charge in [0.15, 0.2) is 0 Å². The Balaban J connectivity index is 2.90. The van der Waals surface area contributed by atoms with Crippen LogP contribution in [0.2, 0.25) is 0 Å². The first-order valence-electron chi connectivity index (χ1n) is 4.31. The molecule has 0 aliphatic heterocycles. The first kappa shape index (κ1) is 10.7. The average Bonchev–Trinajstić information content (AvgIpc) is 2.51. The molecule has 1 aliphatic carbocycles. The van der Waals surface area contributed by atoms with Gasteiger partial charge in [-0.15, -0.1) is 0 Å². The summed E-state index contributed by atoms with van der Waals surface area (Å²) >= 11 is 0. The van der Waals surface area contributed by atoms with Crippen LogP contribution in [-0.4, -0.2) is 38.4 Å². The summed E-state index contributed by atoms with van der Waals surface area (Å²) in [4.78, 5) is 11.1. The molecule has 1 fully saturated rings. The molecule has 0 radical (unpaired) electrons. The van der Waals surface area contributed by atoms with Crippen LogP contribution in [0.15, 0.2) is 0 Å². The van der Waals surface area contributed by atoms with E-state index in [0.717, 1.165) is 12.8 Å². The van der Waals surface area contributed by atoms with Crippen molar-refractivity contribution in [3.63, 3.8) is 0 Å². The molecule has 1 rings (SSSR count). The average molecular weight is 205 g/mol. The van der Waals surface area contributed by atoms with Gasteiger partial charge in [0.05, 0.1) is 11.0 Å². The lowest BCUT2D eigenvalue weighted by molar-refractivity contribution is -0.147. The van der Waals surface area contributed by atoms with Gasteiger partial charge in [0, 0.05) is 13.3 Å². The summed E-state index contributed by atoms with van der Waals surface area (Å²) in [5.41, 5.74) is -0.875. The summed E-state index contributed by atoms with van der Waals surface area (Å²) in [6.45, 7) is 0. The van der Waals surface area contributed by atoms with Crippen LogP contribution < -0.4 is 0 Å². The molecule has 76 valence electrons. The molecule has 0 spiro atoms. The highest BCUT2D eigenvalue weighted by Gasteiger charge is 2.46. The third-order valence-corrected chi connectivity index (χ3v) is 3.94. The van der Waals surface area contributed by atoms with Crippen molar-refractivity contribution in [3.8, 4) is 0 Å². The lowest BCUT2D eigenvalue weighted by Crippen LogP contribution is -2.51. The van der Waals surface area contributed by atoms with Crippen molar-refractivity contribution in [2.45, 2.75) is 31.2 Å². The van der Waals surface area contributed by atoms with Crippen LogP contribution in [0.4, 0.5) is 0 Å². The van der Waals surface area contributed by atoms with E-state index in [2.05, 4.69) is 0 Å². The first-order chi connectivity index (χ1) is 6.00. The molecule has 5 heteroatoms. The van der Waals surface area contributed by atoms with Crippen molar-refractivity contribution in [3.05, 3.63) is 0 Å². The summed E-state index contributed by atoms with van der Waals surface area (Å²) < 4.78 is 12.7. The largest absolute Gasteiger partial charge is 0.480 e. The predicted molar refractivity (Wildman–Crippen MR) is 50.7 cm³/mol. The van der Waals surface area contributed by atoms with Crippen molar-refractivity contribution in [2.75, 3.05) is 13.3 Å². The minimum Gasteiger partial charge on any atom is -0.480 e. The Bertz CT molecular complexity index is 236. The van der Waals surface area contributed by atoms with Crippen molar-refractivity contribution < 1.29 is 14.1 Å². The Kier molecular flexibility index (Phi) is 3.08. The highest BCUT2D eigenvalue weighted by atomic mass is 32.2. The molecule has 13 heavy (non-hydrogen) atoms. The Morgan fingerprint density at radius 2 is 1.92 bits per heavy atom. The molecule has 0 aromatic carbocycles. The molecule has 1 unspecified atom stereocenters. The summed E-state index contributed by atoms with van der Waals surface area (Å²) in [5.74, 6) is -0.845. The van der Waals surface area contributed by atoms with Crippen LogP contribution in [0.3, 0.4) is 0 Å². The third-order valence-electron chi connectivity index (χ3n) is 2.82. The molecule has 1 atom stereocenters. The molecule has 0 amide bonds. The summed E-state index contributed by atoms with van der Waals surface area (Å²) in [5, 5.41) is 9.11. The molecule has 0 aromatic heterocycles. The monoisotopic (exact) mass is 205 g/mol. The van der Waals surface area contributed by atoms with E-state index in [9.17, 15) is 9.00 Å². The second-order valence-electron chi connectivity index (χ2n) is 3.47. The molecular formula is C8H15NO3S. The number of rotatable bonds is 3. The van der Waals surface area contributed by atoms with Gasteiger partial charge in [-0.3, -0.25) is 4.79 Å². The highest BCUT2D eigenvalue weighted by molar-refractivity contribution is 7.81. The van der Waals surface area contributed by atoms with Crippen molar-refractivity contribution in [2.24, 2.45) is 0 Å². The maximum absolute atomic E-state index is 11.2. The molecule has 0 saturated heterocycles. The van der Waals surface area contributed by atoms with Crippen LogP contribution in [0, 0.1) is 0 Å². The number of carboxylic acids is 1. The van der Waals surface area contributed by atoms with Crippen LogP contribution in [-0.2, 0) is 15.8 Å². The van der Waals surface area contributed by atoms with Gasteiger partial charge in [-0.25, -0.2) is 8.51 Å². The number of likely N-dealkylation sites (N-methyl/N-ethyl adjacent to an activating group) is 1. The highest BCUT2D eigenvalue weighted by Crippen LogP contribution is 2.35. The molecule has 0 aromatic rings. The zero-order valence-electron chi connectivity index (χ0n) is 7.95. The zero-order valence-corrected chi connectivity index (χ0v) is 8.76. The summed E-state index contributed by atoms with van der Waals surface area (Å²) in [7, 11) is 0.413. The van der Waals surface area contributed by atoms with Crippen molar-refractivity contribution >= 4 is 17.0 Å². The number of carboxylic acid groups (broad SMARTS) is 1. The van der Waals surface area contributed by atoms with E-state index < -0.39 is 22.5 Å². The molecule has 0 bridgehead atoms. The summed E-state index contributed by atoms with van der Waals surface area (Å²) in [6.07, 6.45) is 4.56. The van der Waals surface area contributed by atoms with Crippen molar-refractivity contribution in [1.29, 1.82) is 0 Å². The third kappa shape index (κ3) is 1.76. The Hall–Kier alpha value is -0.420. The lowest BCUT2D eigenvalue weighted by atomic mass is 9.98. The molecule has 1 saturated carbocycles. The number of carbonyl (C=O) groups is 1. The lowest BCUT2D eigenvalue weighted by Gasteiger charge is -2.32. The first-order valence-corrected chi connectivity index (χ1v) is 5.83. The maximum atomic E-state index is 11.2. The molecule has 1 aliphatic rings. The second kappa shape index (κ2) is 3.75. The predicted octanol–water partition coefficient (Wildman–Crippen LogP) is 0.609. The molecule has 0 heterocycles. The van der Waals surface area contributed by atoms with Crippen LogP contribution in [0.25, 0.3) is 0 Å². The maximum Gasteiger partial charge on any atom is 0.325 e. The fourth-order valence-corrected chi connectivity index (χ4v) is 2.62. The topological polar surface area (TPSA) is 57.6 Å². The molecular weight excluding hydrogens is 190 g/mol. The van der Waals surface area contributed by atoms with Crippen LogP contribution >= 0.6 is 0 Å². The second-order valence-corrected chi connectivity index (χ2v) is 4.86. The van der Waals surface area contributed by atoms with Gasteiger partial charge in [0.1, 0.15) is 5.54 Å². The van der Waals surface area contributed by atoms with Gasteiger partial charge in [-0.2, -0.15) is 0 Å². The van der Waals surface area contributed by atoms with Crippen LogP contribution in [0.1, 0.15) is 25.7 Å². The van der Waals surface area contributed by atoms with E-state index in [4.69, 9.17) is 5.11 Å². The van der Waals surface area contributed by atoms with E-state index in [-0.39, 0.29) is 0 Å². The minimum atomic E-state index is -1.21. The fourth-order valence-electron chi connectivity index (χ4n) is 1.87. The Morgan fingerprint density at radius 1 is 1.46 bits per heavy atom. The SMILES string of the molecule is CN(S(C)=O)C1(C(=O)O)CCCC1. The van der Waals surface area contributed by atoms with E-state index in [1.807, 2.05) is 0 Å². The van der Waals surface area contributed by atoms with Gasteiger partial charge in [0.25, 0.3) is 0 Å². The van der Waals surface area contributed by atoms with E-state index >= 15 is 0 Å². The Morgan fingerprint density at radius 3 is 2.23 bits per heavy atom. The van der Waals surface area contributed by atoms with E-state index in [1.54, 1.807) is 7.05 Å². The zero-order chi connectivity index (χ0) is 10.1. The number of hydrogen-bond donors (Lipinski definition) is 1.